The lowest BCUT2D eigenvalue weighted by molar-refractivity contribution is -0.120. The predicted octanol–water partition coefficient (Wildman–Crippen LogP) is 4.06. The van der Waals surface area contributed by atoms with Crippen LogP contribution >= 0.6 is 11.3 Å². The van der Waals surface area contributed by atoms with Crippen molar-refractivity contribution in [2.45, 2.75) is 32.1 Å². The Labute approximate surface area is 134 Å². The topological polar surface area (TPSA) is 42.0 Å². The molecule has 0 atom stereocenters. The van der Waals surface area contributed by atoms with Gasteiger partial charge in [-0.25, -0.2) is 4.98 Å². The van der Waals surface area contributed by atoms with E-state index in [0.717, 1.165) is 41.9 Å². The number of nitrogens with zero attached hydrogens (tertiary/aromatic N) is 1. The number of hydrogen-bond acceptors (Lipinski definition) is 3. The van der Waals surface area contributed by atoms with E-state index in [2.05, 4.69) is 22.1 Å². The van der Waals surface area contributed by atoms with E-state index in [1.54, 1.807) is 6.20 Å². The van der Waals surface area contributed by atoms with Gasteiger partial charge in [0, 0.05) is 28.7 Å². The Kier molecular flexibility index (Phi) is 4.87. The van der Waals surface area contributed by atoms with Crippen LogP contribution < -0.4 is 5.32 Å². The molecule has 1 aliphatic carbocycles. The Morgan fingerprint density at radius 2 is 2.09 bits per heavy atom. The molecule has 0 bridgehead atoms. The highest BCUT2D eigenvalue weighted by molar-refractivity contribution is 7.10. The Hall–Kier alpha value is -2.12. The van der Waals surface area contributed by atoms with Gasteiger partial charge in [0.05, 0.1) is 0 Å². The van der Waals surface area contributed by atoms with Crippen LogP contribution in [-0.4, -0.2) is 10.9 Å². The van der Waals surface area contributed by atoms with Crippen LogP contribution in [0.2, 0.25) is 0 Å². The van der Waals surface area contributed by atoms with Gasteiger partial charge in [-0.3, -0.25) is 4.79 Å². The number of carbonyl (C=O) groups excluding carboxylic acids is 1. The monoisotopic (exact) mass is 310 g/mol. The van der Waals surface area contributed by atoms with E-state index in [4.69, 9.17) is 0 Å². The normalized spacial score (nSPS) is 14.9. The summed E-state index contributed by atoms with van der Waals surface area (Å²) in [7, 11) is 0. The molecule has 4 heteroatoms. The van der Waals surface area contributed by atoms with Gasteiger partial charge in [-0.1, -0.05) is 31.2 Å². The third-order valence-electron chi connectivity index (χ3n) is 3.85. The molecule has 112 valence electrons. The second-order valence-corrected chi connectivity index (χ2v) is 6.39. The van der Waals surface area contributed by atoms with Gasteiger partial charge in [0.1, 0.15) is 0 Å². The van der Waals surface area contributed by atoms with Crippen LogP contribution in [0.1, 0.15) is 42.7 Å². The van der Waals surface area contributed by atoms with Gasteiger partial charge in [-0.15, -0.1) is 11.3 Å². The summed E-state index contributed by atoms with van der Waals surface area (Å²) in [5.41, 5.74) is 1.71. The Bertz CT molecular complexity index is 691. The van der Waals surface area contributed by atoms with Crippen LogP contribution in [0, 0.1) is 17.8 Å². The lowest BCUT2D eigenvalue weighted by Crippen LogP contribution is -2.24. The summed E-state index contributed by atoms with van der Waals surface area (Å²) in [6.07, 6.45) is 7.35. The lowest BCUT2D eigenvalue weighted by atomic mass is 9.88. The molecule has 3 rings (SSSR count). The minimum absolute atomic E-state index is 0.143. The quantitative estimate of drug-likeness (QED) is 0.850. The van der Waals surface area contributed by atoms with Crippen LogP contribution in [0.5, 0.6) is 0 Å². The highest BCUT2D eigenvalue weighted by atomic mass is 32.1. The Morgan fingerprint density at radius 1 is 1.23 bits per heavy atom. The van der Waals surface area contributed by atoms with Crippen molar-refractivity contribution < 1.29 is 4.79 Å². The molecule has 1 fully saturated rings. The second-order valence-electron chi connectivity index (χ2n) is 5.49. The minimum Gasteiger partial charge on any atom is -0.326 e. The summed E-state index contributed by atoms with van der Waals surface area (Å²) < 4.78 is 0. The number of carbonyl (C=O) groups is 1. The van der Waals surface area contributed by atoms with E-state index < -0.39 is 0 Å². The van der Waals surface area contributed by atoms with Gasteiger partial charge < -0.3 is 5.32 Å². The molecule has 0 spiro atoms. The zero-order valence-corrected chi connectivity index (χ0v) is 13.2. The maximum Gasteiger partial charge on any atom is 0.227 e. The van der Waals surface area contributed by atoms with E-state index >= 15 is 0 Å². The SMILES string of the molecule is O=C(Nc1cccc(C#Cc2nccs2)c1)C1CCCCC1. The van der Waals surface area contributed by atoms with E-state index in [9.17, 15) is 4.79 Å². The third kappa shape index (κ3) is 3.96. The summed E-state index contributed by atoms with van der Waals surface area (Å²) in [5, 5.41) is 5.74. The maximum absolute atomic E-state index is 12.3. The van der Waals surface area contributed by atoms with E-state index in [-0.39, 0.29) is 11.8 Å². The van der Waals surface area contributed by atoms with E-state index in [1.807, 2.05) is 29.6 Å². The fourth-order valence-corrected chi connectivity index (χ4v) is 3.18. The van der Waals surface area contributed by atoms with Gasteiger partial charge in [-0.05, 0) is 37.0 Å². The number of benzene rings is 1. The molecule has 1 aromatic heterocycles. The predicted molar refractivity (Wildman–Crippen MR) is 89.7 cm³/mol. The van der Waals surface area contributed by atoms with Crippen LogP contribution in [0.15, 0.2) is 35.8 Å². The van der Waals surface area contributed by atoms with Crippen molar-refractivity contribution in [1.82, 2.24) is 4.98 Å². The lowest BCUT2D eigenvalue weighted by Gasteiger charge is -2.20. The Morgan fingerprint density at radius 3 is 2.86 bits per heavy atom. The van der Waals surface area contributed by atoms with Crippen LogP contribution in [0.25, 0.3) is 0 Å². The average molecular weight is 310 g/mol. The third-order valence-corrected chi connectivity index (χ3v) is 4.54. The first kappa shape index (κ1) is 14.8. The number of amides is 1. The first-order valence-corrected chi connectivity index (χ1v) is 8.52. The van der Waals surface area contributed by atoms with E-state index in [0.29, 0.717) is 0 Å². The van der Waals surface area contributed by atoms with Crippen molar-refractivity contribution in [3.05, 3.63) is 46.4 Å². The standard InChI is InChI=1S/C18H18N2OS/c21-18(15-6-2-1-3-7-15)20-16-8-4-5-14(13-16)9-10-17-19-11-12-22-17/h4-5,8,11-13,15H,1-3,6-7H2,(H,20,21). The zero-order valence-electron chi connectivity index (χ0n) is 12.3. The molecule has 1 aromatic carbocycles. The number of rotatable bonds is 2. The maximum atomic E-state index is 12.3. The second kappa shape index (κ2) is 7.24. The molecule has 22 heavy (non-hydrogen) atoms. The van der Waals surface area contributed by atoms with Crippen LogP contribution in [0.3, 0.4) is 0 Å². The summed E-state index contributed by atoms with van der Waals surface area (Å²) in [5.74, 6) is 6.43. The molecule has 2 aromatic rings. The fourth-order valence-electron chi connectivity index (χ4n) is 2.69. The Balaban J connectivity index is 1.67. The number of anilines is 1. The van der Waals surface area contributed by atoms with Crippen molar-refractivity contribution in [2.24, 2.45) is 5.92 Å². The molecule has 0 unspecified atom stereocenters. The molecule has 1 N–H and O–H groups in total. The van der Waals surface area contributed by atoms with Crippen molar-refractivity contribution in [3.8, 4) is 11.8 Å². The smallest absolute Gasteiger partial charge is 0.227 e. The summed E-state index contributed by atoms with van der Waals surface area (Å²) in [6, 6.07) is 7.69. The molecule has 0 radical (unpaired) electrons. The van der Waals surface area contributed by atoms with Crippen LogP contribution in [0.4, 0.5) is 5.69 Å². The molecule has 3 nitrogen and oxygen atoms in total. The molecule has 0 aliphatic heterocycles. The number of thiazole rings is 1. The molecular weight excluding hydrogens is 292 g/mol. The van der Waals surface area contributed by atoms with E-state index in [1.165, 1.54) is 17.8 Å². The molecule has 1 saturated carbocycles. The van der Waals surface area contributed by atoms with Gasteiger partial charge in [0.25, 0.3) is 0 Å². The first-order chi connectivity index (χ1) is 10.8. The summed E-state index contributed by atoms with van der Waals surface area (Å²) in [6.45, 7) is 0. The average Bonchev–Trinajstić information content (AvgIpc) is 3.08. The fraction of sp³-hybridized carbons (Fsp3) is 0.333. The molecule has 0 saturated heterocycles. The minimum atomic E-state index is 0.143. The molecule has 1 amide bonds. The highest BCUT2D eigenvalue weighted by Crippen LogP contribution is 2.25. The van der Waals surface area contributed by atoms with Crippen molar-refractivity contribution in [2.75, 3.05) is 5.32 Å². The molecule has 1 heterocycles. The van der Waals surface area contributed by atoms with Gasteiger partial charge >= 0.3 is 0 Å². The number of aromatic nitrogens is 1. The molecule has 1 aliphatic rings. The summed E-state index contributed by atoms with van der Waals surface area (Å²) >= 11 is 1.52. The summed E-state index contributed by atoms with van der Waals surface area (Å²) in [4.78, 5) is 16.4. The van der Waals surface area contributed by atoms with Crippen molar-refractivity contribution in [3.63, 3.8) is 0 Å². The van der Waals surface area contributed by atoms with Crippen molar-refractivity contribution in [1.29, 1.82) is 0 Å². The van der Waals surface area contributed by atoms with Crippen LogP contribution in [-0.2, 0) is 4.79 Å². The first-order valence-electron chi connectivity index (χ1n) is 7.64. The zero-order chi connectivity index (χ0) is 15.2. The van der Waals surface area contributed by atoms with Gasteiger partial charge in [0.2, 0.25) is 5.91 Å². The largest absolute Gasteiger partial charge is 0.326 e. The number of hydrogen-bond donors (Lipinski definition) is 1. The number of nitrogens with one attached hydrogen (secondary N) is 1. The van der Waals surface area contributed by atoms with Gasteiger partial charge in [-0.2, -0.15) is 0 Å². The highest BCUT2D eigenvalue weighted by Gasteiger charge is 2.20. The van der Waals surface area contributed by atoms with Crippen molar-refractivity contribution >= 4 is 22.9 Å². The van der Waals surface area contributed by atoms with Gasteiger partial charge in [0.15, 0.2) is 5.01 Å². The molecular formula is C18H18N2OS.